The van der Waals surface area contributed by atoms with Crippen LogP contribution in [0.5, 0.6) is 0 Å². The van der Waals surface area contributed by atoms with E-state index in [9.17, 15) is 24.9 Å². The number of aldehydes is 1. The molecule has 1 aliphatic heterocycles. The summed E-state index contributed by atoms with van der Waals surface area (Å²) < 4.78 is 5.11. The lowest BCUT2D eigenvalue weighted by atomic mass is 9.43. The Bertz CT molecular complexity index is 762. The monoisotopic (exact) mass is 404 g/mol. The van der Waals surface area contributed by atoms with E-state index >= 15 is 0 Å². The molecule has 0 bridgehead atoms. The third-order valence-electron chi connectivity index (χ3n) is 9.70. The highest BCUT2D eigenvalue weighted by Crippen LogP contribution is 2.69. The zero-order valence-electron chi connectivity index (χ0n) is 17.0. The van der Waals surface area contributed by atoms with Gasteiger partial charge in [0, 0.05) is 29.2 Å². The Morgan fingerprint density at radius 3 is 2.62 bits per heavy atom. The quantitative estimate of drug-likeness (QED) is 0.479. The summed E-state index contributed by atoms with van der Waals surface area (Å²) in [7, 11) is 0. The number of ether oxygens (including phenoxy) is 1. The summed E-state index contributed by atoms with van der Waals surface area (Å²) in [4.78, 5) is 24.1. The first-order chi connectivity index (χ1) is 13.7. The summed E-state index contributed by atoms with van der Waals surface area (Å²) in [5.74, 6) is -0.440. The molecule has 0 aromatic carbocycles. The molecule has 4 aliphatic carbocycles. The SMILES string of the molecule is C[C@]12CC[C@H]3[C@@H](CC[C@@H]4C[C@@H](O)CC[C@@]43C=O)[C@@]1(O)C[C@H](O)[C@@H]2C1=CC(=O)OC1. The normalized spacial score (nSPS) is 54.1. The molecule has 4 fully saturated rings. The Kier molecular flexibility index (Phi) is 4.34. The van der Waals surface area contributed by atoms with Gasteiger partial charge in [-0.15, -0.1) is 0 Å². The molecule has 1 heterocycles. The number of rotatable bonds is 2. The number of hydrogen-bond acceptors (Lipinski definition) is 6. The van der Waals surface area contributed by atoms with E-state index in [4.69, 9.17) is 4.74 Å². The fourth-order valence-electron chi connectivity index (χ4n) is 8.39. The molecule has 0 unspecified atom stereocenters. The molecule has 0 radical (unpaired) electrons. The first-order valence-electron chi connectivity index (χ1n) is 11.2. The van der Waals surface area contributed by atoms with Crippen LogP contribution in [0, 0.1) is 34.5 Å². The van der Waals surface area contributed by atoms with Gasteiger partial charge in [-0.05, 0) is 68.3 Å². The summed E-state index contributed by atoms with van der Waals surface area (Å²) >= 11 is 0. The molecule has 5 aliphatic rings. The molecule has 6 heteroatoms. The number of cyclic esters (lactones) is 1. The van der Waals surface area contributed by atoms with Gasteiger partial charge in [-0.1, -0.05) is 6.92 Å². The molecular formula is C23H32O6. The van der Waals surface area contributed by atoms with Crippen molar-refractivity contribution < 1.29 is 29.6 Å². The predicted octanol–water partition coefficient (Wildman–Crippen LogP) is 1.75. The topological polar surface area (TPSA) is 104 Å². The largest absolute Gasteiger partial charge is 0.458 e. The van der Waals surface area contributed by atoms with Crippen molar-refractivity contribution in [3.63, 3.8) is 0 Å². The third-order valence-corrected chi connectivity index (χ3v) is 9.70. The zero-order valence-corrected chi connectivity index (χ0v) is 17.0. The van der Waals surface area contributed by atoms with Crippen LogP contribution < -0.4 is 0 Å². The minimum absolute atomic E-state index is 0.0452. The molecule has 160 valence electrons. The number of hydrogen-bond donors (Lipinski definition) is 3. The summed E-state index contributed by atoms with van der Waals surface area (Å²) in [5, 5.41) is 33.3. The first kappa shape index (κ1) is 19.7. The molecule has 3 N–H and O–H groups in total. The molecule has 0 aromatic heterocycles. The Morgan fingerprint density at radius 1 is 1.14 bits per heavy atom. The van der Waals surface area contributed by atoms with Crippen LogP contribution in [0.3, 0.4) is 0 Å². The van der Waals surface area contributed by atoms with E-state index in [0.717, 1.165) is 31.1 Å². The van der Waals surface area contributed by atoms with Gasteiger partial charge in [-0.25, -0.2) is 4.79 Å². The second-order valence-electron chi connectivity index (χ2n) is 10.6. The van der Waals surface area contributed by atoms with Crippen LogP contribution in [-0.2, 0) is 14.3 Å². The van der Waals surface area contributed by atoms with Gasteiger partial charge >= 0.3 is 5.97 Å². The van der Waals surface area contributed by atoms with Gasteiger partial charge in [0.05, 0.1) is 17.8 Å². The molecule has 4 saturated carbocycles. The van der Waals surface area contributed by atoms with Crippen LogP contribution >= 0.6 is 0 Å². The smallest absolute Gasteiger partial charge is 0.331 e. The molecular weight excluding hydrogens is 372 g/mol. The average molecular weight is 405 g/mol. The second kappa shape index (κ2) is 6.38. The molecule has 0 aromatic rings. The number of carbonyl (C=O) groups excluding carboxylic acids is 2. The molecule has 0 saturated heterocycles. The van der Waals surface area contributed by atoms with Gasteiger partial charge in [0.1, 0.15) is 12.9 Å². The number of carbonyl (C=O) groups is 2. The van der Waals surface area contributed by atoms with Gasteiger partial charge in [-0.3, -0.25) is 0 Å². The molecule has 9 atom stereocenters. The molecule has 0 amide bonds. The molecule has 29 heavy (non-hydrogen) atoms. The Balaban J connectivity index is 1.52. The van der Waals surface area contributed by atoms with E-state index in [1.54, 1.807) is 0 Å². The van der Waals surface area contributed by atoms with Gasteiger partial charge < -0.3 is 24.9 Å². The van der Waals surface area contributed by atoms with Crippen molar-refractivity contribution in [3.8, 4) is 0 Å². The summed E-state index contributed by atoms with van der Waals surface area (Å²) in [6, 6.07) is 0. The fraction of sp³-hybridized carbons (Fsp3) is 0.826. The van der Waals surface area contributed by atoms with E-state index in [-0.39, 0.29) is 48.8 Å². The van der Waals surface area contributed by atoms with Crippen molar-refractivity contribution in [3.05, 3.63) is 11.6 Å². The third kappa shape index (κ3) is 2.45. The van der Waals surface area contributed by atoms with Crippen LogP contribution in [0.15, 0.2) is 11.6 Å². The summed E-state index contributed by atoms with van der Waals surface area (Å²) in [5.41, 5.74) is -1.28. The number of fused-ring (bicyclic) bond motifs is 5. The minimum atomic E-state index is -1.07. The van der Waals surface area contributed by atoms with Gasteiger partial charge in [0.25, 0.3) is 0 Å². The highest BCUT2D eigenvalue weighted by molar-refractivity contribution is 5.85. The van der Waals surface area contributed by atoms with Crippen LogP contribution in [-0.4, -0.2) is 52.0 Å². The Labute approximate surface area is 171 Å². The maximum Gasteiger partial charge on any atom is 0.331 e. The lowest BCUT2D eigenvalue weighted by Crippen LogP contribution is -2.63. The molecule has 6 nitrogen and oxygen atoms in total. The number of esters is 1. The van der Waals surface area contributed by atoms with Crippen molar-refractivity contribution in [2.45, 2.75) is 76.1 Å². The van der Waals surface area contributed by atoms with Crippen LogP contribution in [0.25, 0.3) is 0 Å². The van der Waals surface area contributed by atoms with Crippen molar-refractivity contribution in [1.29, 1.82) is 0 Å². The second-order valence-corrected chi connectivity index (χ2v) is 10.6. The van der Waals surface area contributed by atoms with E-state index in [2.05, 4.69) is 6.92 Å². The van der Waals surface area contributed by atoms with E-state index < -0.39 is 22.5 Å². The predicted molar refractivity (Wildman–Crippen MR) is 104 cm³/mol. The Morgan fingerprint density at radius 2 is 1.93 bits per heavy atom. The fourth-order valence-corrected chi connectivity index (χ4v) is 8.39. The molecule has 5 rings (SSSR count). The van der Waals surface area contributed by atoms with Gasteiger partial charge in [0.15, 0.2) is 0 Å². The van der Waals surface area contributed by atoms with Crippen LogP contribution in [0.4, 0.5) is 0 Å². The van der Waals surface area contributed by atoms with E-state index in [1.165, 1.54) is 6.08 Å². The zero-order chi connectivity index (χ0) is 20.6. The molecule has 0 spiro atoms. The van der Waals surface area contributed by atoms with Crippen molar-refractivity contribution in [1.82, 2.24) is 0 Å². The number of aliphatic hydroxyl groups is 3. The minimum Gasteiger partial charge on any atom is -0.458 e. The standard InChI is InChI=1S/C23H32O6/c1-21-6-5-16-17(3-2-14-9-15(25)4-7-22(14,16)12-24)23(21,28)10-18(26)20(21)13-8-19(27)29-11-13/h8,12,14-18,20,25-26,28H,2-7,9-11H2,1H3/t14-,15+,16+,17-,18+,20+,21-,22-,23+/m1/s1. The average Bonchev–Trinajstić information content (AvgIpc) is 3.18. The van der Waals surface area contributed by atoms with Crippen molar-refractivity contribution >= 4 is 12.3 Å². The Hall–Kier alpha value is -1.24. The van der Waals surface area contributed by atoms with Crippen LogP contribution in [0.1, 0.15) is 58.3 Å². The van der Waals surface area contributed by atoms with Crippen molar-refractivity contribution in [2.75, 3.05) is 6.61 Å². The maximum absolute atomic E-state index is 12.5. The van der Waals surface area contributed by atoms with Crippen LogP contribution in [0.2, 0.25) is 0 Å². The lowest BCUT2D eigenvalue weighted by molar-refractivity contribution is -0.207. The highest BCUT2D eigenvalue weighted by Gasteiger charge is 2.70. The number of aliphatic hydroxyl groups excluding tert-OH is 2. The van der Waals surface area contributed by atoms with Gasteiger partial charge in [0.2, 0.25) is 0 Å². The van der Waals surface area contributed by atoms with Crippen molar-refractivity contribution in [2.24, 2.45) is 34.5 Å². The highest BCUT2D eigenvalue weighted by atomic mass is 16.5. The maximum atomic E-state index is 12.5. The summed E-state index contributed by atoms with van der Waals surface area (Å²) in [6.45, 7) is 2.25. The lowest BCUT2D eigenvalue weighted by Gasteiger charge is -2.62. The van der Waals surface area contributed by atoms with Gasteiger partial charge in [-0.2, -0.15) is 0 Å². The first-order valence-corrected chi connectivity index (χ1v) is 11.2. The summed E-state index contributed by atoms with van der Waals surface area (Å²) in [6.07, 6.45) is 7.07. The van der Waals surface area contributed by atoms with E-state index in [0.29, 0.717) is 25.7 Å². The van der Waals surface area contributed by atoms with E-state index in [1.807, 2.05) is 0 Å².